The number of rotatable bonds is 0. The molecule has 2 N–H and O–H groups in total. The maximum Gasteiger partial charge on any atom is 0.415 e. The molecule has 5 nitrogen and oxygen atoms in total. The molecule has 0 aromatic carbocycles. The number of hydrogen-bond acceptors (Lipinski definition) is 3. The summed E-state index contributed by atoms with van der Waals surface area (Å²) in [6, 6.07) is -0.750. The number of aliphatic hydroxyl groups is 1. The topological polar surface area (TPSA) is 77.8 Å². The van der Waals surface area contributed by atoms with E-state index in [1.54, 1.807) is 0 Å². The van der Waals surface area contributed by atoms with Crippen molar-refractivity contribution >= 4 is 12.0 Å². The summed E-state index contributed by atoms with van der Waals surface area (Å²) in [6.45, 7) is 1.44. The second-order valence-electron chi connectivity index (χ2n) is 2.24. The van der Waals surface area contributed by atoms with Crippen LogP contribution >= 0.6 is 0 Å². The van der Waals surface area contributed by atoms with Crippen molar-refractivity contribution in [2.75, 3.05) is 0 Å². The highest BCUT2D eigenvalue weighted by atomic mass is 16.4. The summed E-state index contributed by atoms with van der Waals surface area (Å²) in [7, 11) is 0. The lowest BCUT2D eigenvalue weighted by Crippen LogP contribution is -2.37. The summed E-state index contributed by atoms with van der Waals surface area (Å²) in [5.74, 6) is -0.903. The van der Waals surface area contributed by atoms with Crippen molar-refractivity contribution in [1.29, 1.82) is 0 Å². The third-order valence-electron chi connectivity index (χ3n) is 1.53. The van der Waals surface area contributed by atoms with Crippen LogP contribution < -0.4 is 0 Å². The van der Waals surface area contributed by atoms with Crippen LogP contribution in [0.2, 0.25) is 0 Å². The third kappa shape index (κ3) is 1.04. The Balaban J connectivity index is 2.89. The highest BCUT2D eigenvalue weighted by Gasteiger charge is 2.33. The fourth-order valence-electron chi connectivity index (χ4n) is 0.900. The fourth-order valence-corrected chi connectivity index (χ4v) is 0.900. The Morgan fingerprint density at radius 3 is 2.45 bits per heavy atom. The summed E-state index contributed by atoms with van der Waals surface area (Å²) >= 11 is 0. The van der Waals surface area contributed by atoms with E-state index in [9.17, 15) is 9.59 Å². The van der Waals surface area contributed by atoms with Crippen LogP contribution in [0.5, 0.6) is 0 Å². The largest absolute Gasteiger partial charge is 0.510 e. The van der Waals surface area contributed by atoms with E-state index in [4.69, 9.17) is 10.2 Å². The van der Waals surface area contributed by atoms with Gasteiger partial charge in [-0.1, -0.05) is 0 Å². The van der Waals surface area contributed by atoms with Gasteiger partial charge in [-0.05, 0) is 6.92 Å². The summed E-state index contributed by atoms with van der Waals surface area (Å²) in [5, 5.41) is 17.4. The van der Waals surface area contributed by atoms with E-state index >= 15 is 0 Å². The molecule has 1 heterocycles. The molecule has 1 aliphatic heterocycles. The van der Waals surface area contributed by atoms with Crippen molar-refractivity contribution in [2.45, 2.75) is 13.0 Å². The molecule has 1 aliphatic rings. The number of carbonyl (C=O) groups excluding carboxylic acids is 1. The van der Waals surface area contributed by atoms with Crippen LogP contribution in [0.3, 0.4) is 0 Å². The van der Waals surface area contributed by atoms with Crippen molar-refractivity contribution in [3.63, 3.8) is 0 Å². The van der Waals surface area contributed by atoms with E-state index in [2.05, 4.69) is 0 Å². The molecule has 60 valence electrons. The van der Waals surface area contributed by atoms with E-state index in [1.165, 1.54) is 6.92 Å². The molecule has 0 unspecified atom stereocenters. The number of imide groups is 1. The van der Waals surface area contributed by atoms with E-state index in [0.717, 1.165) is 6.08 Å². The first kappa shape index (κ1) is 7.59. The van der Waals surface area contributed by atoms with Crippen molar-refractivity contribution in [3.05, 3.63) is 11.8 Å². The number of aliphatic hydroxyl groups excluding tert-OH is 1. The summed E-state index contributed by atoms with van der Waals surface area (Å²) in [5.41, 5.74) is 0. The molecule has 0 saturated carbocycles. The van der Waals surface area contributed by atoms with Crippen LogP contribution in [-0.2, 0) is 4.79 Å². The lowest BCUT2D eigenvalue weighted by atomic mass is 10.3. The molecule has 0 aromatic rings. The number of hydrogen-bond donors (Lipinski definition) is 2. The zero-order valence-electron chi connectivity index (χ0n) is 5.81. The summed E-state index contributed by atoms with van der Waals surface area (Å²) < 4.78 is 0. The molecule has 0 aromatic heterocycles. The van der Waals surface area contributed by atoms with Gasteiger partial charge in [-0.25, -0.2) is 9.69 Å². The van der Waals surface area contributed by atoms with E-state index in [-0.39, 0.29) is 5.76 Å². The van der Waals surface area contributed by atoms with Crippen molar-refractivity contribution in [3.8, 4) is 0 Å². The van der Waals surface area contributed by atoms with E-state index in [0.29, 0.717) is 4.90 Å². The molecule has 11 heavy (non-hydrogen) atoms. The Bertz CT molecular complexity index is 245. The lowest BCUT2D eigenvalue weighted by molar-refractivity contribution is -0.123. The van der Waals surface area contributed by atoms with E-state index in [1.807, 2.05) is 0 Å². The predicted molar refractivity (Wildman–Crippen MR) is 35.0 cm³/mol. The van der Waals surface area contributed by atoms with Crippen LogP contribution in [0.15, 0.2) is 11.8 Å². The molecule has 2 amide bonds. The average molecular weight is 157 g/mol. The van der Waals surface area contributed by atoms with Gasteiger partial charge in [0.25, 0.3) is 5.91 Å². The average Bonchev–Trinajstić information content (AvgIpc) is 2.07. The molecule has 0 spiro atoms. The van der Waals surface area contributed by atoms with Gasteiger partial charge in [-0.3, -0.25) is 4.79 Å². The van der Waals surface area contributed by atoms with Crippen molar-refractivity contribution < 1.29 is 19.8 Å². The van der Waals surface area contributed by atoms with Gasteiger partial charge in [0.2, 0.25) is 0 Å². The second kappa shape index (κ2) is 2.26. The number of carbonyl (C=O) groups is 2. The summed E-state index contributed by atoms with van der Waals surface area (Å²) in [6.07, 6.45) is -0.443. The molecule has 1 atom stereocenters. The molecule has 1 rings (SSSR count). The Kier molecular flexibility index (Phi) is 1.56. The minimum Gasteiger partial charge on any atom is -0.510 e. The molecule has 0 saturated heterocycles. The molecule has 0 fully saturated rings. The van der Waals surface area contributed by atoms with E-state index < -0.39 is 18.0 Å². The molecule has 0 bridgehead atoms. The number of nitrogens with zero attached hydrogens (tertiary/aromatic N) is 1. The number of carboxylic acid groups (broad SMARTS) is 1. The maximum absolute atomic E-state index is 10.7. The third-order valence-corrected chi connectivity index (χ3v) is 1.53. The predicted octanol–water partition coefficient (Wildman–Crippen LogP) is 0.337. The van der Waals surface area contributed by atoms with Crippen LogP contribution in [0, 0.1) is 0 Å². The van der Waals surface area contributed by atoms with Crippen LogP contribution in [0.1, 0.15) is 6.92 Å². The van der Waals surface area contributed by atoms with Gasteiger partial charge in [-0.2, -0.15) is 0 Å². The van der Waals surface area contributed by atoms with Crippen LogP contribution in [0.4, 0.5) is 4.79 Å². The van der Waals surface area contributed by atoms with Gasteiger partial charge in [0, 0.05) is 6.08 Å². The maximum atomic E-state index is 10.7. The first-order valence-corrected chi connectivity index (χ1v) is 3.00. The minimum absolute atomic E-state index is 0.211. The number of amides is 2. The summed E-state index contributed by atoms with van der Waals surface area (Å²) in [4.78, 5) is 21.6. The SMILES string of the molecule is C[C@H]1C(O)=CC(=O)N1C(=O)O. The van der Waals surface area contributed by atoms with Gasteiger partial charge >= 0.3 is 6.09 Å². The second-order valence-corrected chi connectivity index (χ2v) is 2.24. The standard InChI is InChI=1S/C6H7NO4/c1-3-4(8)2-5(9)7(3)6(10)11/h2-3,8H,1H3,(H,10,11)/t3-/m0/s1. The van der Waals surface area contributed by atoms with Gasteiger partial charge < -0.3 is 10.2 Å². The fraction of sp³-hybridized carbons (Fsp3) is 0.333. The minimum atomic E-state index is -1.34. The van der Waals surface area contributed by atoms with Gasteiger partial charge in [0.15, 0.2) is 0 Å². The molecule has 0 radical (unpaired) electrons. The highest BCUT2D eigenvalue weighted by molar-refractivity contribution is 6.01. The molecule has 5 heteroatoms. The van der Waals surface area contributed by atoms with Crippen molar-refractivity contribution in [1.82, 2.24) is 4.90 Å². The van der Waals surface area contributed by atoms with Gasteiger partial charge in [0.1, 0.15) is 5.76 Å². The van der Waals surface area contributed by atoms with Crippen LogP contribution in [-0.4, -0.2) is 33.2 Å². The first-order valence-electron chi connectivity index (χ1n) is 3.00. The quantitative estimate of drug-likeness (QED) is 0.531. The van der Waals surface area contributed by atoms with Crippen molar-refractivity contribution in [2.24, 2.45) is 0 Å². The van der Waals surface area contributed by atoms with Gasteiger partial charge in [-0.15, -0.1) is 0 Å². The normalized spacial score (nSPS) is 23.7. The Morgan fingerprint density at radius 2 is 2.27 bits per heavy atom. The molecular weight excluding hydrogens is 150 g/mol. The lowest BCUT2D eigenvalue weighted by Gasteiger charge is -2.15. The molecular formula is C6H7NO4. The smallest absolute Gasteiger partial charge is 0.415 e. The Morgan fingerprint density at radius 1 is 1.73 bits per heavy atom. The highest BCUT2D eigenvalue weighted by Crippen LogP contribution is 2.16. The Hall–Kier alpha value is -1.52. The van der Waals surface area contributed by atoms with Crippen LogP contribution in [0.25, 0.3) is 0 Å². The first-order chi connectivity index (χ1) is 5.04. The van der Waals surface area contributed by atoms with Gasteiger partial charge in [0.05, 0.1) is 6.04 Å². The monoisotopic (exact) mass is 157 g/mol. The molecule has 0 aliphatic carbocycles. The Labute approximate surface area is 62.5 Å². The zero-order chi connectivity index (χ0) is 8.59. The zero-order valence-corrected chi connectivity index (χ0v) is 5.81.